The lowest BCUT2D eigenvalue weighted by Gasteiger charge is -2.12. The van der Waals surface area contributed by atoms with Crippen molar-refractivity contribution in [3.63, 3.8) is 0 Å². The van der Waals surface area contributed by atoms with E-state index in [0.717, 1.165) is 6.42 Å². The van der Waals surface area contributed by atoms with E-state index in [1.54, 1.807) is 6.08 Å². The van der Waals surface area contributed by atoms with Gasteiger partial charge in [-0.1, -0.05) is 25.2 Å². The number of hydrogen-bond donors (Lipinski definition) is 0. The largest absolute Gasteiger partial charge is 0.235 e. The second-order valence-corrected chi connectivity index (χ2v) is 2.74. The van der Waals surface area contributed by atoms with Crippen LogP contribution in [0.5, 0.6) is 0 Å². The molecule has 12 heavy (non-hydrogen) atoms. The average Bonchev–Trinajstić information content (AvgIpc) is 2.04. The van der Waals surface area contributed by atoms with Crippen molar-refractivity contribution in [1.29, 1.82) is 0 Å². The molecule has 66 valence electrons. The first-order chi connectivity index (χ1) is 5.76. The van der Waals surface area contributed by atoms with E-state index < -0.39 is 0 Å². The summed E-state index contributed by atoms with van der Waals surface area (Å²) in [5, 5.41) is 0. The number of rotatable bonds is 5. The van der Waals surface area contributed by atoms with Crippen LogP contribution < -0.4 is 0 Å². The van der Waals surface area contributed by atoms with Gasteiger partial charge in [0.25, 0.3) is 0 Å². The third-order valence-corrected chi connectivity index (χ3v) is 1.71. The second-order valence-electron chi connectivity index (χ2n) is 2.74. The van der Waals surface area contributed by atoms with E-state index in [1.165, 1.54) is 0 Å². The van der Waals surface area contributed by atoms with Crippen LogP contribution in [0.15, 0.2) is 29.8 Å². The van der Waals surface area contributed by atoms with Gasteiger partial charge in [-0.25, -0.2) is 4.79 Å². The number of isocyanates is 1. The van der Waals surface area contributed by atoms with E-state index in [-0.39, 0.29) is 6.04 Å². The molecule has 0 N–H and O–H groups in total. The number of hydrogen-bond acceptors (Lipinski definition) is 2. The van der Waals surface area contributed by atoms with E-state index in [2.05, 4.69) is 11.6 Å². The van der Waals surface area contributed by atoms with E-state index in [0.29, 0.717) is 5.92 Å². The molecule has 0 spiro atoms. The molecule has 0 amide bonds. The maximum Gasteiger partial charge on any atom is 0.235 e. The first-order valence-corrected chi connectivity index (χ1v) is 4.07. The molecule has 0 bridgehead atoms. The van der Waals surface area contributed by atoms with Gasteiger partial charge in [0.05, 0.1) is 6.04 Å². The molecule has 0 aromatic rings. The molecule has 0 aliphatic heterocycles. The van der Waals surface area contributed by atoms with Crippen LogP contribution in [0.3, 0.4) is 0 Å². The Labute approximate surface area is 73.7 Å². The molecule has 0 aliphatic carbocycles. The highest BCUT2D eigenvalue weighted by molar-refractivity contribution is 5.34. The van der Waals surface area contributed by atoms with Gasteiger partial charge in [0, 0.05) is 0 Å². The first-order valence-electron chi connectivity index (χ1n) is 4.07. The lowest BCUT2D eigenvalue weighted by Crippen LogP contribution is -2.11. The molecule has 0 radical (unpaired) electrons. The lowest BCUT2D eigenvalue weighted by atomic mass is 9.98. The number of carbonyl (C=O) groups excluding carboxylic acids is 1. The van der Waals surface area contributed by atoms with Crippen LogP contribution in [0.1, 0.15) is 20.3 Å². The fourth-order valence-corrected chi connectivity index (χ4v) is 1.02. The van der Waals surface area contributed by atoms with E-state index in [9.17, 15) is 4.79 Å². The maximum absolute atomic E-state index is 10.0. The fourth-order valence-electron chi connectivity index (χ4n) is 1.02. The summed E-state index contributed by atoms with van der Waals surface area (Å²) in [5.41, 5.74) is 0. The Hall–Kier alpha value is -1.14. The zero-order valence-corrected chi connectivity index (χ0v) is 7.66. The molecule has 0 heterocycles. The standard InChI is InChI=1S/C10H15NO/c1-4-6-9(3)10(7-5-2)11-8-12/h4-5,7,9-10H,1,6H2,2-3H3/b7-5-/t9?,10-/m0/s1. The molecule has 2 heteroatoms. The Balaban J connectivity index is 4.26. The SMILES string of the molecule is C=CCC(C)[C@H](/C=C\C)N=C=O. The van der Waals surface area contributed by atoms with Gasteiger partial charge >= 0.3 is 0 Å². The predicted octanol–water partition coefficient (Wildman–Crippen LogP) is 2.48. The summed E-state index contributed by atoms with van der Waals surface area (Å²) in [6.45, 7) is 7.58. The average molecular weight is 165 g/mol. The van der Waals surface area contributed by atoms with Crippen molar-refractivity contribution >= 4 is 6.08 Å². The Morgan fingerprint density at radius 1 is 1.67 bits per heavy atom. The fraction of sp³-hybridized carbons (Fsp3) is 0.500. The topological polar surface area (TPSA) is 29.4 Å². The third-order valence-electron chi connectivity index (χ3n) is 1.71. The van der Waals surface area contributed by atoms with Crippen molar-refractivity contribution in [2.45, 2.75) is 26.3 Å². The van der Waals surface area contributed by atoms with Crippen LogP contribution in [0.4, 0.5) is 0 Å². The number of nitrogens with zero attached hydrogens (tertiary/aromatic N) is 1. The van der Waals surface area contributed by atoms with Crippen LogP contribution in [0.25, 0.3) is 0 Å². The summed E-state index contributed by atoms with van der Waals surface area (Å²) in [7, 11) is 0. The van der Waals surface area contributed by atoms with Crippen molar-refractivity contribution in [1.82, 2.24) is 0 Å². The molecule has 1 unspecified atom stereocenters. The molecular formula is C10H15NO. The van der Waals surface area contributed by atoms with Crippen molar-refractivity contribution in [2.75, 3.05) is 0 Å². The second kappa shape index (κ2) is 6.56. The summed E-state index contributed by atoms with van der Waals surface area (Å²) in [5.74, 6) is 0.320. The minimum Gasteiger partial charge on any atom is -0.211 e. The summed E-state index contributed by atoms with van der Waals surface area (Å²) >= 11 is 0. The first kappa shape index (κ1) is 10.9. The zero-order valence-electron chi connectivity index (χ0n) is 7.66. The predicted molar refractivity (Wildman–Crippen MR) is 50.7 cm³/mol. The monoisotopic (exact) mass is 165 g/mol. The maximum atomic E-state index is 10.0. The van der Waals surface area contributed by atoms with Gasteiger partial charge in [-0.3, -0.25) is 0 Å². The Kier molecular flexibility index (Phi) is 5.94. The minimum absolute atomic E-state index is 0.0505. The Morgan fingerprint density at radius 2 is 2.33 bits per heavy atom. The molecule has 2 nitrogen and oxygen atoms in total. The van der Waals surface area contributed by atoms with Crippen molar-refractivity contribution in [2.24, 2.45) is 10.9 Å². The minimum atomic E-state index is -0.0505. The molecule has 0 aromatic carbocycles. The van der Waals surface area contributed by atoms with Gasteiger partial charge in [-0.2, -0.15) is 4.99 Å². The molecule has 0 rings (SSSR count). The molecule has 0 aliphatic rings. The summed E-state index contributed by atoms with van der Waals surface area (Å²) in [6, 6.07) is -0.0505. The lowest BCUT2D eigenvalue weighted by molar-refractivity contribution is 0.513. The van der Waals surface area contributed by atoms with Gasteiger partial charge in [0.15, 0.2) is 0 Å². The Morgan fingerprint density at radius 3 is 2.75 bits per heavy atom. The van der Waals surface area contributed by atoms with Crippen LogP contribution in [0, 0.1) is 5.92 Å². The van der Waals surface area contributed by atoms with Crippen LogP contribution >= 0.6 is 0 Å². The van der Waals surface area contributed by atoms with Crippen molar-refractivity contribution in [3.05, 3.63) is 24.8 Å². The highest BCUT2D eigenvalue weighted by atomic mass is 16.1. The number of aliphatic imine (C=N–C) groups is 1. The van der Waals surface area contributed by atoms with Crippen molar-refractivity contribution in [3.8, 4) is 0 Å². The highest BCUT2D eigenvalue weighted by Gasteiger charge is 2.10. The summed E-state index contributed by atoms with van der Waals surface area (Å²) in [6.07, 6.45) is 8.07. The molecular weight excluding hydrogens is 150 g/mol. The normalized spacial score (nSPS) is 15.2. The van der Waals surface area contributed by atoms with Gasteiger partial charge in [0.2, 0.25) is 6.08 Å². The molecule has 0 saturated carbocycles. The van der Waals surface area contributed by atoms with Gasteiger partial charge in [-0.15, -0.1) is 6.58 Å². The van der Waals surface area contributed by atoms with Crippen LogP contribution in [-0.4, -0.2) is 12.1 Å². The van der Waals surface area contributed by atoms with E-state index in [1.807, 2.05) is 32.1 Å². The summed E-state index contributed by atoms with van der Waals surface area (Å²) in [4.78, 5) is 13.7. The number of allylic oxidation sites excluding steroid dienone is 2. The molecule has 0 fully saturated rings. The van der Waals surface area contributed by atoms with E-state index in [4.69, 9.17) is 0 Å². The zero-order chi connectivity index (χ0) is 9.40. The van der Waals surface area contributed by atoms with Gasteiger partial charge < -0.3 is 0 Å². The van der Waals surface area contributed by atoms with Gasteiger partial charge in [-0.05, 0) is 19.3 Å². The molecule has 2 atom stereocenters. The summed E-state index contributed by atoms with van der Waals surface area (Å²) < 4.78 is 0. The van der Waals surface area contributed by atoms with Gasteiger partial charge in [0.1, 0.15) is 0 Å². The van der Waals surface area contributed by atoms with Crippen LogP contribution in [0.2, 0.25) is 0 Å². The molecule has 0 saturated heterocycles. The third kappa shape index (κ3) is 3.89. The Bertz CT molecular complexity index is 202. The molecule has 0 aromatic heterocycles. The smallest absolute Gasteiger partial charge is 0.211 e. The van der Waals surface area contributed by atoms with Crippen molar-refractivity contribution < 1.29 is 4.79 Å². The van der Waals surface area contributed by atoms with Crippen LogP contribution in [-0.2, 0) is 4.79 Å². The van der Waals surface area contributed by atoms with E-state index >= 15 is 0 Å². The highest BCUT2D eigenvalue weighted by Crippen LogP contribution is 2.12. The quantitative estimate of drug-likeness (QED) is 0.349.